The van der Waals surface area contributed by atoms with Crippen molar-refractivity contribution in [1.29, 1.82) is 0 Å². The summed E-state index contributed by atoms with van der Waals surface area (Å²) in [6, 6.07) is 16.1. The normalized spacial score (nSPS) is 23.8. The molecule has 0 aromatic heterocycles. The Morgan fingerprint density at radius 2 is 1.68 bits per heavy atom. The predicted octanol–water partition coefficient (Wildman–Crippen LogP) is 5.85. The highest BCUT2D eigenvalue weighted by Gasteiger charge is 2.40. The van der Waals surface area contributed by atoms with Crippen molar-refractivity contribution >= 4 is 29.1 Å². The molecule has 2 aliphatic rings. The van der Waals surface area contributed by atoms with Crippen LogP contribution in [0.25, 0.3) is 0 Å². The highest BCUT2D eigenvalue weighted by Crippen LogP contribution is 2.45. The van der Waals surface area contributed by atoms with Crippen molar-refractivity contribution in [3.63, 3.8) is 0 Å². The fourth-order valence-electron chi connectivity index (χ4n) is 3.91. The average molecular weight is 374 g/mol. The van der Waals surface area contributed by atoms with E-state index < -0.39 is 0 Å². The van der Waals surface area contributed by atoms with E-state index in [1.807, 2.05) is 30.3 Å². The van der Waals surface area contributed by atoms with Crippen LogP contribution in [0.1, 0.15) is 48.8 Å². The molecule has 1 saturated heterocycles. The van der Waals surface area contributed by atoms with Gasteiger partial charge in [0, 0.05) is 28.9 Å². The van der Waals surface area contributed by atoms with E-state index in [2.05, 4.69) is 23.1 Å². The molecule has 2 atom stereocenters. The summed E-state index contributed by atoms with van der Waals surface area (Å²) in [5.41, 5.74) is 2.36. The fourth-order valence-corrected chi connectivity index (χ4v) is 4.23. The van der Waals surface area contributed by atoms with Crippen LogP contribution in [0.15, 0.2) is 48.5 Å². The molecule has 2 fully saturated rings. The Morgan fingerprint density at radius 3 is 2.36 bits per heavy atom. The maximum atomic E-state index is 12.7. The lowest BCUT2D eigenvalue weighted by atomic mass is 9.79. The minimum Gasteiger partial charge on any atom is -0.335 e. The molecular weight excluding hydrogens is 353 g/mol. The van der Waals surface area contributed by atoms with Gasteiger partial charge in [-0.2, -0.15) is 0 Å². The molecule has 1 saturated carbocycles. The third-order valence-corrected chi connectivity index (χ3v) is 5.83. The summed E-state index contributed by atoms with van der Waals surface area (Å²) >= 11 is 12.3. The first-order chi connectivity index (χ1) is 12.1. The molecular formula is C21H21Cl2NO. The molecule has 1 aliphatic carbocycles. The Labute approximate surface area is 158 Å². The molecule has 0 bridgehead atoms. The van der Waals surface area contributed by atoms with Crippen molar-refractivity contribution in [2.45, 2.75) is 37.6 Å². The van der Waals surface area contributed by atoms with Gasteiger partial charge in [0.05, 0.1) is 6.04 Å². The van der Waals surface area contributed by atoms with Crippen molar-refractivity contribution in [1.82, 2.24) is 4.90 Å². The van der Waals surface area contributed by atoms with Crippen LogP contribution in [0.4, 0.5) is 0 Å². The maximum Gasteiger partial charge on any atom is 0.223 e. The highest BCUT2D eigenvalue weighted by molar-refractivity contribution is 6.30. The summed E-state index contributed by atoms with van der Waals surface area (Å²) in [6.45, 7) is 0.864. The second kappa shape index (κ2) is 7.01. The summed E-state index contributed by atoms with van der Waals surface area (Å²) in [4.78, 5) is 14.8. The molecule has 4 rings (SSSR count). The standard InChI is InChI=1S/C21H21Cl2NO/c22-17-8-6-15(7-9-17)21-19(16-2-1-3-18(23)12-16)10-11-20(25)24(21)13-14-4-5-14/h1-3,6-9,12,14,19,21H,4-5,10-11,13H2/t19-,21+/m0/s1. The predicted molar refractivity (Wildman–Crippen MR) is 102 cm³/mol. The molecule has 0 radical (unpaired) electrons. The molecule has 0 spiro atoms. The number of halogens is 2. The molecule has 0 unspecified atom stereocenters. The van der Waals surface area contributed by atoms with Crippen LogP contribution in [0, 0.1) is 5.92 Å². The summed E-state index contributed by atoms with van der Waals surface area (Å²) in [5, 5.41) is 1.47. The lowest BCUT2D eigenvalue weighted by molar-refractivity contribution is -0.137. The molecule has 2 aromatic carbocycles. The largest absolute Gasteiger partial charge is 0.335 e. The van der Waals surface area contributed by atoms with Gasteiger partial charge < -0.3 is 4.90 Å². The van der Waals surface area contributed by atoms with Gasteiger partial charge in [-0.25, -0.2) is 0 Å². The second-order valence-corrected chi connectivity index (χ2v) is 8.06. The SMILES string of the molecule is O=C1CC[C@@H](c2cccc(Cl)c2)[C@@H](c2ccc(Cl)cc2)N1CC1CC1. The van der Waals surface area contributed by atoms with Crippen LogP contribution in [-0.2, 0) is 4.79 Å². The van der Waals surface area contributed by atoms with Gasteiger partial charge in [-0.1, -0.05) is 47.5 Å². The topological polar surface area (TPSA) is 20.3 Å². The third-order valence-electron chi connectivity index (χ3n) is 5.35. The van der Waals surface area contributed by atoms with Gasteiger partial charge in [-0.3, -0.25) is 4.79 Å². The number of rotatable bonds is 4. The first-order valence-electron chi connectivity index (χ1n) is 8.92. The average Bonchev–Trinajstić information content (AvgIpc) is 3.42. The zero-order valence-corrected chi connectivity index (χ0v) is 15.5. The summed E-state index contributed by atoms with van der Waals surface area (Å²) in [6.07, 6.45) is 3.93. The van der Waals surface area contributed by atoms with Gasteiger partial charge in [0.15, 0.2) is 0 Å². The van der Waals surface area contributed by atoms with Crippen molar-refractivity contribution in [3.8, 4) is 0 Å². The molecule has 1 heterocycles. The Kier molecular flexibility index (Phi) is 4.75. The van der Waals surface area contributed by atoms with Crippen molar-refractivity contribution in [2.75, 3.05) is 6.54 Å². The first-order valence-corrected chi connectivity index (χ1v) is 9.68. The Balaban J connectivity index is 1.74. The zero-order chi connectivity index (χ0) is 17.4. The van der Waals surface area contributed by atoms with Crippen LogP contribution >= 0.6 is 23.2 Å². The lowest BCUT2D eigenvalue weighted by Gasteiger charge is -2.42. The van der Waals surface area contributed by atoms with E-state index in [1.165, 1.54) is 18.4 Å². The van der Waals surface area contributed by atoms with Gasteiger partial charge in [-0.15, -0.1) is 0 Å². The van der Waals surface area contributed by atoms with Crippen molar-refractivity contribution in [2.24, 2.45) is 5.92 Å². The highest BCUT2D eigenvalue weighted by atomic mass is 35.5. The quantitative estimate of drug-likeness (QED) is 0.657. The number of benzene rings is 2. The first kappa shape index (κ1) is 16.9. The van der Waals surface area contributed by atoms with E-state index >= 15 is 0 Å². The number of hydrogen-bond donors (Lipinski definition) is 0. The van der Waals surface area contributed by atoms with Crippen LogP contribution in [-0.4, -0.2) is 17.4 Å². The number of carbonyl (C=O) groups is 1. The van der Waals surface area contributed by atoms with E-state index in [0.29, 0.717) is 12.3 Å². The monoisotopic (exact) mass is 373 g/mol. The smallest absolute Gasteiger partial charge is 0.223 e. The molecule has 1 aliphatic heterocycles. The number of piperidine rings is 1. The second-order valence-electron chi connectivity index (χ2n) is 7.19. The van der Waals surface area contributed by atoms with Crippen LogP contribution in [0.2, 0.25) is 10.0 Å². The lowest BCUT2D eigenvalue weighted by Crippen LogP contribution is -2.43. The van der Waals surface area contributed by atoms with Crippen LogP contribution < -0.4 is 0 Å². The molecule has 1 amide bonds. The van der Waals surface area contributed by atoms with E-state index in [1.54, 1.807) is 0 Å². The van der Waals surface area contributed by atoms with Crippen LogP contribution in [0.3, 0.4) is 0 Å². The van der Waals surface area contributed by atoms with Crippen LogP contribution in [0.5, 0.6) is 0 Å². The zero-order valence-electron chi connectivity index (χ0n) is 14.0. The summed E-state index contributed by atoms with van der Waals surface area (Å²) in [7, 11) is 0. The van der Waals surface area contributed by atoms with Crippen molar-refractivity contribution < 1.29 is 4.79 Å². The minimum absolute atomic E-state index is 0.0533. The molecule has 2 nitrogen and oxygen atoms in total. The molecule has 2 aromatic rings. The maximum absolute atomic E-state index is 12.7. The number of hydrogen-bond acceptors (Lipinski definition) is 1. The summed E-state index contributed by atoms with van der Waals surface area (Å²) in [5.74, 6) is 1.19. The van der Waals surface area contributed by atoms with E-state index in [-0.39, 0.29) is 17.9 Å². The van der Waals surface area contributed by atoms with Gasteiger partial charge in [0.25, 0.3) is 0 Å². The number of nitrogens with zero attached hydrogens (tertiary/aromatic N) is 1. The molecule has 130 valence electrons. The van der Waals surface area contributed by atoms with E-state index in [0.717, 1.165) is 28.6 Å². The van der Waals surface area contributed by atoms with E-state index in [4.69, 9.17) is 23.2 Å². The van der Waals surface area contributed by atoms with Gasteiger partial charge in [-0.05, 0) is 60.6 Å². The van der Waals surface area contributed by atoms with Gasteiger partial charge in [0.1, 0.15) is 0 Å². The van der Waals surface area contributed by atoms with Gasteiger partial charge >= 0.3 is 0 Å². The Bertz CT molecular complexity index is 770. The molecule has 0 N–H and O–H groups in total. The minimum atomic E-state index is 0.0533. The molecule has 4 heteroatoms. The fraction of sp³-hybridized carbons (Fsp3) is 0.381. The number of carbonyl (C=O) groups excluding carboxylic acids is 1. The van der Waals surface area contributed by atoms with E-state index in [9.17, 15) is 4.79 Å². The third kappa shape index (κ3) is 3.70. The Morgan fingerprint density at radius 1 is 0.920 bits per heavy atom. The summed E-state index contributed by atoms with van der Waals surface area (Å²) < 4.78 is 0. The van der Waals surface area contributed by atoms with Crippen molar-refractivity contribution in [3.05, 3.63) is 69.7 Å². The number of amides is 1. The number of likely N-dealkylation sites (tertiary alicyclic amines) is 1. The van der Waals surface area contributed by atoms with Gasteiger partial charge in [0.2, 0.25) is 5.91 Å². The molecule has 25 heavy (non-hydrogen) atoms. The Hall–Kier alpha value is -1.51.